The summed E-state index contributed by atoms with van der Waals surface area (Å²) in [4.78, 5) is 31.5. The number of carbonyl (C=O) groups is 2. The highest BCUT2D eigenvalue weighted by atomic mass is 16.2. The maximum atomic E-state index is 13.0. The lowest BCUT2D eigenvalue weighted by molar-refractivity contribution is -0.126. The number of hydrogen-bond donors (Lipinski definition) is 2. The normalized spacial score (nSPS) is 20.7. The zero-order valence-corrected chi connectivity index (χ0v) is 14.5. The first-order valence-electron chi connectivity index (χ1n) is 8.69. The van der Waals surface area contributed by atoms with Crippen molar-refractivity contribution in [3.05, 3.63) is 29.2 Å². The minimum absolute atomic E-state index is 0.0861. The smallest absolute Gasteiger partial charge is 0.275 e. The molecule has 2 aromatic rings. The predicted octanol–water partition coefficient (Wildman–Crippen LogP) is 0.0387. The molecule has 2 aliphatic rings. The van der Waals surface area contributed by atoms with Crippen molar-refractivity contribution in [1.82, 2.24) is 30.1 Å². The number of nitrogens with zero attached hydrogens (tertiary/aromatic N) is 4. The average Bonchev–Trinajstić information content (AvgIpc) is 3.29. The third-order valence-electron chi connectivity index (χ3n) is 4.68. The molecule has 2 fully saturated rings. The second-order valence-corrected chi connectivity index (χ2v) is 6.84. The maximum absolute atomic E-state index is 13.0. The van der Waals surface area contributed by atoms with Gasteiger partial charge in [0.05, 0.1) is 0 Å². The van der Waals surface area contributed by atoms with Gasteiger partial charge in [0.25, 0.3) is 5.91 Å². The molecule has 1 atom stereocenters. The van der Waals surface area contributed by atoms with E-state index in [1.54, 1.807) is 15.5 Å². The van der Waals surface area contributed by atoms with Gasteiger partial charge in [-0.1, -0.05) is 0 Å². The van der Waals surface area contributed by atoms with Crippen LogP contribution in [0.3, 0.4) is 0 Å². The van der Waals surface area contributed by atoms with Crippen molar-refractivity contribution in [1.29, 1.82) is 0 Å². The lowest BCUT2D eigenvalue weighted by Gasteiger charge is -2.34. The van der Waals surface area contributed by atoms with Crippen molar-refractivity contribution in [2.24, 2.45) is 0 Å². The van der Waals surface area contributed by atoms with Gasteiger partial charge in [-0.2, -0.15) is 5.10 Å². The number of hydrogen-bond acceptors (Lipinski definition) is 5. The van der Waals surface area contributed by atoms with Crippen LogP contribution in [0.15, 0.2) is 12.1 Å². The minimum atomic E-state index is -0.498. The quantitative estimate of drug-likeness (QED) is 0.822. The maximum Gasteiger partial charge on any atom is 0.275 e. The number of aromatic nitrogens is 3. The molecule has 25 heavy (non-hydrogen) atoms. The lowest BCUT2D eigenvalue weighted by Crippen LogP contribution is -2.59. The van der Waals surface area contributed by atoms with E-state index in [2.05, 4.69) is 20.7 Å². The molecule has 1 aliphatic carbocycles. The van der Waals surface area contributed by atoms with Crippen molar-refractivity contribution < 1.29 is 9.59 Å². The van der Waals surface area contributed by atoms with E-state index in [4.69, 9.17) is 0 Å². The number of fused-ring (bicyclic) bond motifs is 1. The minimum Gasteiger partial charge on any atom is -0.352 e. The van der Waals surface area contributed by atoms with Gasteiger partial charge in [-0.05, 0) is 32.8 Å². The van der Waals surface area contributed by atoms with E-state index in [9.17, 15) is 9.59 Å². The fraction of sp³-hybridized carbons (Fsp3) is 0.529. The SMILES string of the molecule is Cc1cc(C)n2nc(C(=O)N3CCNCC3C(=O)NC3CC3)cc2n1. The highest BCUT2D eigenvalue weighted by molar-refractivity contribution is 5.97. The molecule has 4 rings (SSSR count). The molecule has 1 unspecified atom stereocenters. The summed E-state index contributed by atoms with van der Waals surface area (Å²) in [6, 6.07) is 3.39. The number of piperazine rings is 1. The first-order valence-corrected chi connectivity index (χ1v) is 8.69. The van der Waals surface area contributed by atoms with Gasteiger partial charge in [0.15, 0.2) is 11.3 Å². The van der Waals surface area contributed by atoms with Gasteiger partial charge >= 0.3 is 0 Å². The molecule has 1 saturated heterocycles. The summed E-state index contributed by atoms with van der Waals surface area (Å²) in [6.07, 6.45) is 2.05. The lowest BCUT2D eigenvalue weighted by atomic mass is 10.1. The number of aryl methyl sites for hydroxylation is 2. The number of rotatable bonds is 3. The molecule has 132 valence electrons. The standard InChI is InChI=1S/C17H22N6O2/c1-10-7-11(2)23-15(19-10)8-13(21-23)17(25)22-6-5-18-9-14(22)16(24)20-12-3-4-12/h7-8,12,14,18H,3-6,9H2,1-2H3,(H,20,24). The fourth-order valence-electron chi connectivity index (χ4n) is 3.25. The molecule has 0 aromatic carbocycles. The van der Waals surface area contributed by atoms with E-state index in [1.165, 1.54) is 0 Å². The Balaban J connectivity index is 1.61. The van der Waals surface area contributed by atoms with E-state index in [1.807, 2.05) is 19.9 Å². The predicted molar refractivity (Wildman–Crippen MR) is 91.3 cm³/mol. The Bertz CT molecular complexity index is 841. The van der Waals surface area contributed by atoms with Crippen LogP contribution in [0.5, 0.6) is 0 Å². The van der Waals surface area contributed by atoms with E-state index in [0.29, 0.717) is 31.0 Å². The number of carbonyl (C=O) groups excluding carboxylic acids is 2. The molecular formula is C17H22N6O2. The fourth-order valence-corrected chi connectivity index (χ4v) is 3.25. The van der Waals surface area contributed by atoms with Crippen molar-refractivity contribution in [2.75, 3.05) is 19.6 Å². The summed E-state index contributed by atoms with van der Waals surface area (Å²) in [7, 11) is 0. The Morgan fingerprint density at radius 1 is 1.28 bits per heavy atom. The Morgan fingerprint density at radius 2 is 2.08 bits per heavy atom. The van der Waals surface area contributed by atoms with Crippen LogP contribution in [0.4, 0.5) is 0 Å². The Kier molecular flexibility index (Phi) is 3.91. The third kappa shape index (κ3) is 3.09. The van der Waals surface area contributed by atoms with Gasteiger partial charge < -0.3 is 15.5 Å². The van der Waals surface area contributed by atoms with Gasteiger partial charge in [-0.3, -0.25) is 9.59 Å². The van der Waals surface area contributed by atoms with Gasteiger partial charge in [0.1, 0.15) is 6.04 Å². The molecule has 2 aromatic heterocycles. The van der Waals surface area contributed by atoms with Crippen LogP contribution in [-0.2, 0) is 4.79 Å². The van der Waals surface area contributed by atoms with Gasteiger partial charge in [0.2, 0.25) is 5.91 Å². The molecule has 8 heteroatoms. The number of amides is 2. The highest BCUT2D eigenvalue weighted by Crippen LogP contribution is 2.20. The summed E-state index contributed by atoms with van der Waals surface area (Å²) >= 11 is 0. The van der Waals surface area contributed by atoms with Crippen molar-refractivity contribution >= 4 is 17.5 Å². The second kappa shape index (κ2) is 6.11. The molecule has 2 N–H and O–H groups in total. The van der Waals surface area contributed by atoms with E-state index >= 15 is 0 Å². The van der Waals surface area contributed by atoms with Crippen LogP contribution in [-0.4, -0.2) is 63.0 Å². The first kappa shape index (κ1) is 16.0. The molecular weight excluding hydrogens is 320 g/mol. The van der Waals surface area contributed by atoms with E-state index in [-0.39, 0.29) is 17.9 Å². The monoisotopic (exact) mass is 342 g/mol. The molecule has 8 nitrogen and oxygen atoms in total. The van der Waals surface area contributed by atoms with Gasteiger partial charge in [-0.15, -0.1) is 0 Å². The Morgan fingerprint density at radius 3 is 2.84 bits per heavy atom. The number of nitrogens with one attached hydrogen (secondary N) is 2. The zero-order valence-electron chi connectivity index (χ0n) is 14.5. The van der Waals surface area contributed by atoms with Crippen molar-refractivity contribution in [3.63, 3.8) is 0 Å². The molecule has 1 saturated carbocycles. The van der Waals surface area contributed by atoms with Crippen LogP contribution in [0.25, 0.3) is 5.65 Å². The topological polar surface area (TPSA) is 91.6 Å². The Hall–Kier alpha value is -2.48. The highest BCUT2D eigenvalue weighted by Gasteiger charge is 2.36. The first-order chi connectivity index (χ1) is 12.0. The summed E-state index contributed by atoms with van der Waals surface area (Å²) < 4.78 is 1.67. The van der Waals surface area contributed by atoms with Crippen LogP contribution in [0.2, 0.25) is 0 Å². The molecule has 2 amide bonds. The second-order valence-electron chi connectivity index (χ2n) is 6.84. The Labute approximate surface area is 145 Å². The van der Waals surface area contributed by atoms with Crippen LogP contribution in [0.1, 0.15) is 34.7 Å². The van der Waals surface area contributed by atoms with Crippen LogP contribution in [0, 0.1) is 13.8 Å². The summed E-state index contributed by atoms with van der Waals surface area (Å²) in [5.74, 6) is -0.308. The summed E-state index contributed by atoms with van der Waals surface area (Å²) in [5.41, 5.74) is 2.78. The third-order valence-corrected chi connectivity index (χ3v) is 4.68. The molecule has 0 radical (unpaired) electrons. The van der Waals surface area contributed by atoms with Crippen LogP contribution < -0.4 is 10.6 Å². The molecule has 1 aliphatic heterocycles. The zero-order chi connectivity index (χ0) is 17.6. The van der Waals surface area contributed by atoms with Crippen molar-refractivity contribution in [3.8, 4) is 0 Å². The van der Waals surface area contributed by atoms with Gasteiger partial charge in [-0.25, -0.2) is 9.50 Å². The van der Waals surface area contributed by atoms with E-state index in [0.717, 1.165) is 24.2 Å². The molecule has 3 heterocycles. The molecule has 0 bridgehead atoms. The summed E-state index contributed by atoms with van der Waals surface area (Å²) in [6.45, 7) is 5.47. The largest absolute Gasteiger partial charge is 0.352 e. The average molecular weight is 342 g/mol. The summed E-state index contributed by atoms with van der Waals surface area (Å²) in [5, 5.41) is 10.6. The molecule has 0 spiro atoms. The van der Waals surface area contributed by atoms with Crippen LogP contribution >= 0.6 is 0 Å². The van der Waals surface area contributed by atoms with Crippen molar-refractivity contribution in [2.45, 2.75) is 38.8 Å². The van der Waals surface area contributed by atoms with Gasteiger partial charge in [0, 0.05) is 43.1 Å². The van der Waals surface area contributed by atoms with E-state index < -0.39 is 6.04 Å².